The standard InChI is InChI=1S/C35H33N3O2S/c1-3-5-20-37-22-25(27-11-8-9-13-30(27)37)21-31-34(39)38-33(24-14-17-26(18-15-24)40-4-2)29-19-16-23-10-6-7-12-28(23)32(29)36-35(38)41-31/h6-15,17-18,21-22,33H,3-5,16,19-20H2,1-2H3. The molecule has 6 heteroatoms. The second-order valence-corrected chi connectivity index (χ2v) is 11.8. The van der Waals surface area contributed by atoms with Crippen molar-refractivity contribution in [2.45, 2.75) is 52.1 Å². The van der Waals surface area contributed by atoms with Crippen molar-refractivity contribution in [3.05, 3.63) is 127 Å². The van der Waals surface area contributed by atoms with Crippen molar-refractivity contribution >= 4 is 34.0 Å². The number of allylic oxidation sites excluding steroid dienone is 1. The topological polar surface area (TPSA) is 48.5 Å². The number of hydrogen-bond acceptors (Lipinski definition) is 4. The summed E-state index contributed by atoms with van der Waals surface area (Å²) in [5, 5.41) is 1.17. The van der Waals surface area contributed by atoms with Gasteiger partial charge >= 0.3 is 0 Å². The Morgan fingerprint density at radius 1 is 1.00 bits per heavy atom. The zero-order valence-electron chi connectivity index (χ0n) is 23.5. The van der Waals surface area contributed by atoms with Gasteiger partial charge in [0.05, 0.1) is 22.9 Å². The summed E-state index contributed by atoms with van der Waals surface area (Å²) in [4.78, 5) is 20.2. The van der Waals surface area contributed by atoms with Crippen molar-refractivity contribution in [2.24, 2.45) is 4.99 Å². The van der Waals surface area contributed by atoms with Crippen LogP contribution in [0, 0.1) is 0 Å². The van der Waals surface area contributed by atoms with Crippen molar-refractivity contribution in [1.29, 1.82) is 0 Å². The highest BCUT2D eigenvalue weighted by molar-refractivity contribution is 7.07. The fourth-order valence-corrected chi connectivity index (χ4v) is 7.27. The van der Waals surface area contributed by atoms with Gasteiger partial charge < -0.3 is 9.30 Å². The van der Waals surface area contributed by atoms with Crippen LogP contribution in [-0.4, -0.2) is 15.7 Å². The lowest BCUT2D eigenvalue weighted by Crippen LogP contribution is -2.38. The number of nitrogens with zero attached hydrogens (tertiary/aromatic N) is 3. The summed E-state index contributed by atoms with van der Waals surface area (Å²) in [5.74, 6) is 0.839. The van der Waals surface area contributed by atoms with E-state index in [2.05, 4.69) is 84.4 Å². The summed E-state index contributed by atoms with van der Waals surface area (Å²) < 4.78 is 10.7. The molecule has 2 aromatic heterocycles. The molecule has 2 aliphatic rings. The summed E-state index contributed by atoms with van der Waals surface area (Å²) in [6, 6.07) is 25.1. The maximum Gasteiger partial charge on any atom is 0.271 e. The van der Waals surface area contributed by atoms with Gasteiger partial charge in [0.2, 0.25) is 0 Å². The zero-order chi connectivity index (χ0) is 27.9. The van der Waals surface area contributed by atoms with E-state index in [4.69, 9.17) is 9.73 Å². The quantitative estimate of drug-likeness (QED) is 0.229. The lowest BCUT2D eigenvalue weighted by molar-refractivity contribution is 0.340. The Morgan fingerprint density at radius 2 is 1.80 bits per heavy atom. The van der Waals surface area contributed by atoms with Gasteiger partial charge in [-0.15, -0.1) is 0 Å². The second kappa shape index (κ2) is 10.7. The van der Waals surface area contributed by atoms with Gasteiger partial charge in [0, 0.05) is 34.8 Å². The number of unbranched alkanes of at least 4 members (excludes halogenated alkanes) is 1. The molecular weight excluding hydrogens is 526 g/mol. The molecule has 3 heterocycles. The smallest absolute Gasteiger partial charge is 0.271 e. The van der Waals surface area contributed by atoms with Gasteiger partial charge in [-0.1, -0.05) is 79.3 Å². The lowest BCUT2D eigenvalue weighted by atomic mass is 9.83. The number of fused-ring (bicyclic) bond motifs is 4. The van der Waals surface area contributed by atoms with Crippen molar-refractivity contribution in [2.75, 3.05) is 6.61 Å². The first-order valence-electron chi connectivity index (χ1n) is 14.6. The zero-order valence-corrected chi connectivity index (χ0v) is 24.3. The fourth-order valence-electron chi connectivity index (χ4n) is 6.28. The Balaban J connectivity index is 1.43. The Hall–Kier alpha value is -4.16. The van der Waals surface area contributed by atoms with Gasteiger partial charge in [0.15, 0.2) is 4.80 Å². The first-order valence-corrected chi connectivity index (χ1v) is 15.4. The number of hydrogen-bond donors (Lipinski definition) is 0. The third-order valence-electron chi connectivity index (χ3n) is 8.24. The largest absolute Gasteiger partial charge is 0.494 e. The number of rotatable bonds is 7. The van der Waals surface area contributed by atoms with Crippen LogP contribution in [0.3, 0.4) is 0 Å². The molecule has 1 unspecified atom stereocenters. The van der Waals surface area contributed by atoms with Crippen LogP contribution >= 0.6 is 11.3 Å². The molecule has 3 aromatic carbocycles. The van der Waals surface area contributed by atoms with Crippen molar-refractivity contribution in [1.82, 2.24) is 9.13 Å². The van der Waals surface area contributed by atoms with Crippen LogP contribution in [0.2, 0.25) is 0 Å². The predicted octanol–water partition coefficient (Wildman–Crippen LogP) is 6.47. The highest BCUT2D eigenvalue weighted by Crippen LogP contribution is 2.41. The van der Waals surface area contributed by atoms with Gasteiger partial charge in [0.25, 0.3) is 5.56 Å². The van der Waals surface area contributed by atoms with Crippen LogP contribution < -0.4 is 19.6 Å². The van der Waals surface area contributed by atoms with Crippen molar-refractivity contribution < 1.29 is 4.74 Å². The molecule has 1 atom stereocenters. The van der Waals surface area contributed by atoms with Crippen LogP contribution in [0.4, 0.5) is 0 Å². The molecule has 0 saturated carbocycles. The van der Waals surface area contributed by atoms with Crippen LogP contribution in [0.25, 0.3) is 22.7 Å². The van der Waals surface area contributed by atoms with E-state index >= 15 is 0 Å². The minimum Gasteiger partial charge on any atom is -0.494 e. The monoisotopic (exact) mass is 559 g/mol. The molecule has 1 aliphatic carbocycles. The van der Waals surface area contributed by atoms with Crippen LogP contribution in [0.15, 0.2) is 94.4 Å². The Bertz CT molecular complexity index is 1970. The molecule has 0 bridgehead atoms. The Labute approximate surface area is 243 Å². The van der Waals surface area contributed by atoms with Crippen LogP contribution in [0.5, 0.6) is 5.75 Å². The van der Waals surface area contributed by atoms with E-state index in [-0.39, 0.29) is 11.6 Å². The Kier molecular flexibility index (Phi) is 6.71. The molecular formula is C35H33N3O2S. The summed E-state index contributed by atoms with van der Waals surface area (Å²) in [5.41, 5.74) is 8.12. The summed E-state index contributed by atoms with van der Waals surface area (Å²) in [7, 11) is 0. The normalized spacial score (nSPS) is 16.3. The first-order chi connectivity index (χ1) is 20.2. The third-order valence-corrected chi connectivity index (χ3v) is 9.22. The van der Waals surface area contributed by atoms with Crippen LogP contribution in [-0.2, 0) is 13.0 Å². The summed E-state index contributed by atoms with van der Waals surface area (Å²) >= 11 is 1.49. The number of para-hydroxylation sites is 1. The molecule has 41 heavy (non-hydrogen) atoms. The van der Waals surface area contributed by atoms with Gasteiger partial charge in [0.1, 0.15) is 5.75 Å². The van der Waals surface area contributed by atoms with Crippen molar-refractivity contribution in [3.8, 4) is 5.75 Å². The van der Waals surface area contributed by atoms with E-state index in [0.717, 1.165) is 59.6 Å². The molecule has 0 spiro atoms. The molecule has 0 amide bonds. The average Bonchev–Trinajstić information content (AvgIpc) is 3.52. The molecule has 206 valence electrons. The summed E-state index contributed by atoms with van der Waals surface area (Å²) in [6.45, 7) is 5.79. The molecule has 0 saturated heterocycles. The predicted molar refractivity (Wildman–Crippen MR) is 167 cm³/mol. The van der Waals surface area contributed by atoms with E-state index in [1.54, 1.807) is 0 Å². The first kappa shape index (κ1) is 25.8. The second-order valence-electron chi connectivity index (χ2n) is 10.8. The number of aryl methyl sites for hydroxylation is 2. The number of aromatic nitrogens is 2. The highest BCUT2D eigenvalue weighted by atomic mass is 32.1. The molecule has 0 N–H and O–H groups in total. The molecule has 5 aromatic rings. The van der Waals surface area contributed by atoms with Gasteiger partial charge in [-0.25, -0.2) is 4.99 Å². The maximum atomic E-state index is 14.2. The van der Waals surface area contributed by atoms with Gasteiger partial charge in [-0.3, -0.25) is 9.36 Å². The molecule has 1 aliphatic heterocycles. The fraction of sp³-hybridized carbons (Fsp3) is 0.257. The van der Waals surface area contributed by atoms with Crippen molar-refractivity contribution in [3.63, 3.8) is 0 Å². The lowest BCUT2D eigenvalue weighted by Gasteiger charge is -2.30. The molecule has 7 rings (SSSR count). The van der Waals surface area contributed by atoms with Gasteiger partial charge in [-0.05, 0) is 67.2 Å². The third kappa shape index (κ3) is 4.47. The molecule has 0 fully saturated rings. The van der Waals surface area contributed by atoms with Gasteiger partial charge in [-0.2, -0.15) is 0 Å². The van der Waals surface area contributed by atoms with Crippen LogP contribution in [0.1, 0.15) is 61.4 Å². The minimum atomic E-state index is -0.196. The Morgan fingerprint density at radius 3 is 2.63 bits per heavy atom. The average molecular weight is 560 g/mol. The minimum absolute atomic E-state index is 0.0171. The number of benzene rings is 3. The van der Waals surface area contributed by atoms with E-state index < -0.39 is 0 Å². The molecule has 5 nitrogen and oxygen atoms in total. The summed E-state index contributed by atoms with van der Waals surface area (Å²) in [6.07, 6.45) is 8.35. The highest BCUT2D eigenvalue weighted by Gasteiger charge is 2.32. The van der Waals surface area contributed by atoms with E-state index in [1.807, 2.05) is 23.6 Å². The van der Waals surface area contributed by atoms with E-state index in [0.29, 0.717) is 11.1 Å². The maximum absolute atomic E-state index is 14.2. The SMILES string of the molecule is CCCCn1cc(C=c2sc3n(c2=O)C(c2ccc(OCC)cc2)C2=C(N=3)c3ccccc3CC2)c2ccccc21. The van der Waals surface area contributed by atoms with E-state index in [9.17, 15) is 4.79 Å². The number of thiazole rings is 1. The number of ether oxygens (including phenoxy) is 1. The molecule has 0 radical (unpaired) electrons. The van der Waals surface area contributed by atoms with E-state index in [1.165, 1.54) is 38.9 Å².